The van der Waals surface area contributed by atoms with Crippen molar-refractivity contribution in [2.45, 2.75) is 18.9 Å². The molecule has 1 atom stereocenters. The normalized spacial score (nSPS) is 12.0. The fourth-order valence-corrected chi connectivity index (χ4v) is 2.08. The number of aliphatic hydroxyl groups excluding tert-OH is 1. The summed E-state index contributed by atoms with van der Waals surface area (Å²) in [5.74, 6) is -2.16. The predicted octanol–water partition coefficient (Wildman–Crippen LogP) is 2.75. The van der Waals surface area contributed by atoms with Gasteiger partial charge in [0.25, 0.3) is 0 Å². The lowest BCUT2D eigenvalue weighted by Crippen LogP contribution is -2.28. The van der Waals surface area contributed by atoms with Crippen molar-refractivity contribution < 1.29 is 18.7 Å². The summed E-state index contributed by atoms with van der Waals surface area (Å²) in [4.78, 5) is 11.7. The summed E-state index contributed by atoms with van der Waals surface area (Å²) in [5.41, 5.74) is 0.873. The molecule has 0 aliphatic rings. The fourth-order valence-electron chi connectivity index (χ4n) is 2.08. The Morgan fingerprint density at radius 2 is 1.82 bits per heavy atom. The molecule has 0 heterocycles. The number of carbonyl (C=O) groups excluding carboxylic acids is 1. The van der Waals surface area contributed by atoms with Gasteiger partial charge < -0.3 is 10.4 Å². The van der Waals surface area contributed by atoms with Gasteiger partial charge in [0.05, 0.1) is 6.10 Å². The van der Waals surface area contributed by atoms with Crippen LogP contribution in [0.15, 0.2) is 48.5 Å². The number of carbonyl (C=O) groups is 1. The van der Waals surface area contributed by atoms with Gasteiger partial charge in [0.2, 0.25) is 5.91 Å². The van der Waals surface area contributed by atoms with Gasteiger partial charge in [0.15, 0.2) is 11.6 Å². The molecule has 3 nitrogen and oxygen atoms in total. The third kappa shape index (κ3) is 4.36. The molecule has 0 aliphatic heterocycles. The molecule has 0 aliphatic carbocycles. The van der Waals surface area contributed by atoms with Crippen LogP contribution in [-0.2, 0) is 11.2 Å². The van der Waals surface area contributed by atoms with Crippen LogP contribution in [0, 0.1) is 11.6 Å². The first-order chi connectivity index (χ1) is 10.6. The van der Waals surface area contributed by atoms with Gasteiger partial charge in [-0.15, -0.1) is 0 Å². The average molecular weight is 305 g/mol. The molecule has 2 aromatic carbocycles. The molecule has 2 N–H and O–H groups in total. The lowest BCUT2D eigenvalue weighted by atomic mass is 10.1. The number of aryl methyl sites for hydroxylation is 1. The van der Waals surface area contributed by atoms with Crippen LogP contribution in [0.5, 0.6) is 0 Å². The molecule has 0 spiro atoms. The van der Waals surface area contributed by atoms with E-state index in [0.29, 0.717) is 5.56 Å². The summed E-state index contributed by atoms with van der Waals surface area (Å²) in [5, 5.41) is 12.5. The summed E-state index contributed by atoms with van der Waals surface area (Å²) in [6, 6.07) is 12.9. The Morgan fingerprint density at radius 3 is 2.55 bits per heavy atom. The van der Waals surface area contributed by atoms with Crippen molar-refractivity contribution in [2.75, 3.05) is 6.54 Å². The topological polar surface area (TPSA) is 49.3 Å². The zero-order valence-electron chi connectivity index (χ0n) is 11.9. The number of nitrogens with one attached hydrogen (secondary N) is 1. The Hall–Kier alpha value is -2.27. The van der Waals surface area contributed by atoms with Gasteiger partial charge in [-0.25, -0.2) is 8.78 Å². The number of benzene rings is 2. The van der Waals surface area contributed by atoms with Gasteiger partial charge in [-0.3, -0.25) is 4.79 Å². The van der Waals surface area contributed by atoms with E-state index < -0.39 is 17.7 Å². The minimum Gasteiger partial charge on any atom is -0.387 e. The van der Waals surface area contributed by atoms with Crippen molar-refractivity contribution in [3.8, 4) is 0 Å². The molecule has 0 fully saturated rings. The fraction of sp³-hybridized carbons (Fsp3) is 0.235. The zero-order valence-corrected chi connectivity index (χ0v) is 11.9. The second-order valence-corrected chi connectivity index (χ2v) is 4.94. The molecule has 5 heteroatoms. The van der Waals surface area contributed by atoms with E-state index in [1.165, 1.54) is 12.1 Å². The number of halogens is 2. The largest absolute Gasteiger partial charge is 0.387 e. The van der Waals surface area contributed by atoms with Crippen LogP contribution in [0.25, 0.3) is 0 Å². The van der Waals surface area contributed by atoms with E-state index in [1.807, 2.05) is 6.07 Å². The Labute approximate surface area is 127 Å². The van der Waals surface area contributed by atoms with E-state index in [9.17, 15) is 18.7 Å². The summed E-state index contributed by atoms with van der Waals surface area (Å²) in [6.45, 7) is 0.0779. The van der Waals surface area contributed by atoms with Gasteiger partial charge in [0.1, 0.15) is 0 Å². The molecule has 0 saturated heterocycles. The average Bonchev–Trinajstić information content (AvgIpc) is 2.54. The smallest absolute Gasteiger partial charge is 0.220 e. The standard InChI is InChI=1S/C17H17F2NO2/c18-14-8-4-7-13(17(14)19)9-10-16(22)20-11-15(21)12-5-2-1-3-6-12/h1-8,15,21H,9-11H2,(H,20,22). The van der Waals surface area contributed by atoms with Crippen molar-refractivity contribution in [2.24, 2.45) is 0 Å². The highest BCUT2D eigenvalue weighted by molar-refractivity contribution is 5.76. The molecule has 0 radical (unpaired) electrons. The molecule has 22 heavy (non-hydrogen) atoms. The number of hydrogen-bond acceptors (Lipinski definition) is 2. The first-order valence-corrected chi connectivity index (χ1v) is 7.00. The van der Waals surface area contributed by atoms with Gasteiger partial charge >= 0.3 is 0 Å². The lowest BCUT2D eigenvalue weighted by molar-refractivity contribution is -0.121. The molecule has 116 valence electrons. The highest BCUT2D eigenvalue weighted by Gasteiger charge is 2.11. The third-order valence-corrected chi connectivity index (χ3v) is 3.33. The summed E-state index contributed by atoms with van der Waals surface area (Å²) >= 11 is 0. The summed E-state index contributed by atoms with van der Waals surface area (Å²) in [6.07, 6.45) is -0.658. The minimum atomic E-state index is -0.919. The Balaban J connectivity index is 1.80. The number of aliphatic hydroxyl groups is 1. The Kier molecular flexibility index (Phi) is 5.61. The highest BCUT2D eigenvalue weighted by Crippen LogP contribution is 2.13. The van der Waals surface area contributed by atoms with E-state index in [0.717, 1.165) is 6.07 Å². The highest BCUT2D eigenvalue weighted by atomic mass is 19.2. The monoisotopic (exact) mass is 305 g/mol. The van der Waals surface area contributed by atoms with Crippen molar-refractivity contribution >= 4 is 5.91 Å². The minimum absolute atomic E-state index is 0.0296. The molecule has 0 bridgehead atoms. The number of rotatable bonds is 6. The van der Waals surface area contributed by atoms with Crippen LogP contribution in [0.3, 0.4) is 0 Å². The van der Waals surface area contributed by atoms with Gasteiger partial charge in [-0.1, -0.05) is 42.5 Å². The Bertz CT molecular complexity index is 632. The molecule has 2 rings (SSSR count). The van der Waals surface area contributed by atoms with Gasteiger partial charge in [0, 0.05) is 13.0 Å². The van der Waals surface area contributed by atoms with E-state index in [2.05, 4.69) is 5.32 Å². The first-order valence-electron chi connectivity index (χ1n) is 7.00. The number of hydrogen-bond donors (Lipinski definition) is 2. The summed E-state index contributed by atoms with van der Waals surface area (Å²) in [7, 11) is 0. The second kappa shape index (κ2) is 7.66. The first kappa shape index (κ1) is 16.1. The van der Waals surface area contributed by atoms with Crippen molar-refractivity contribution in [3.63, 3.8) is 0 Å². The van der Waals surface area contributed by atoms with Crippen LogP contribution >= 0.6 is 0 Å². The second-order valence-electron chi connectivity index (χ2n) is 4.94. The molecule has 1 unspecified atom stereocenters. The van der Waals surface area contributed by atoms with Crippen molar-refractivity contribution in [1.29, 1.82) is 0 Å². The van der Waals surface area contributed by atoms with Crippen LogP contribution in [-0.4, -0.2) is 17.6 Å². The van der Waals surface area contributed by atoms with Gasteiger partial charge in [-0.05, 0) is 23.6 Å². The molecule has 1 amide bonds. The molecule has 2 aromatic rings. The SMILES string of the molecule is O=C(CCc1cccc(F)c1F)NCC(O)c1ccccc1. The molecule has 0 saturated carbocycles. The quantitative estimate of drug-likeness (QED) is 0.862. The zero-order chi connectivity index (χ0) is 15.9. The third-order valence-electron chi connectivity index (χ3n) is 3.33. The van der Waals surface area contributed by atoms with Crippen molar-refractivity contribution in [3.05, 3.63) is 71.3 Å². The van der Waals surface area contributed by atoms with E-state index in [1.54, 1.807) is 24.3 Å². The van der Waals surface area contributed by atoms with E-state index in [4.69, 9.17) is 0 Å². The summed E-state index contributed by atoms with van der Waals surface area (Å²) < 4.78 is 26.5. The van der Waals surface area contributed by atoms with E-state index in [-0.39, 0.29) is 30.9 Å². The van der Waals surface area contributed by atoms with Crippen LogP contribution in [0.4, 0.5) is 8.78 Å². The van der Waals surface area contributed by atoms with Gasteiger partial charge in [-0.2, -0.15) is 0 Å². The predicted molar refractivity (Wildman–Crippen MR) is 79.1 cm³/mol. The van der Waals surface area contributed by atoms with Crippen LogP contribution in [0.1, 0.15) is 23.7 Å². The number of amides is 1. The maximum Gasteiger partial charge on any atom is 0.220 e. The lowest BCUT2D eigenvalue weighted by Gasteiger charge is -2.12. The van der Waals surface area contributed by atoms with Crippen LogP contribution < -0.4 is 5.32 Å². The van der Waals surface area contributed by atoms with E-state index >= 15 is 0 Å². The maximum atomic E-state index is 13.4. The molecule has 0 aromatic heterocycles. The van der Waals surface area contributed by atoms with Crippen molar-refractivity contribution in [1.82, 2.24) is 5.32 Å². The Morgan fingerprint density at radius 1 is 1.09 bits per heavy atom. The molecular weight excluding hydrogens is 288 g/mol. The maximum absolute atomic E-state index is 13.4. The van der Waals surface area contributed by atoms with Crippen LogP contribution in [0.2, 0.25) is 0 Å². The molecular formula is C17H17F2NO2.